The van der Waals surface area contributed by atoms with Gasteiger partial charge in [0.05, 0.1) is 17.6 Å². The molecule has 0 atom stereocenters. The number of nitrogens with one attached hydrogen (secondary N) is 1. The van der Waals surface area contributed by atoms with Crippen molar-refractivity contribution >= 4 is 11.6 Å². The Morgan fingerprint density at radius 2 is 1.93 bits per heavy atom. The van der Waals surface area contributed by atoms with Crippen LogP contribution in [0.2, 0.25) is 0 Å². The van der Waals surface area contributed by atoms with Crippen molar-refractivity contribution in [1.82, 2.24) is 15.2 Å². The summed E-state index contributed by atoms with van der Waals surface area (Å²) in [4.78, 5) is 16.3. The summed E-state index contributed by atoms with van der Waals surface area (Å²) in [6.45, 7) is 3.94. The molecule has 2 heterocycles. The topological polar surface area (TPSA) is 101 Å². The molecule has 1 amide bonds. The lowest BCUT2D eigenvalue weighted by atomic mass is 10.0. The summed E-state index contributed by atoms with van der Waals surface area (Å²) >= 11 is 0. The molecule has 7 heteroatoms. The number of hydrogen-bond donors (Lipinski definition) is 1. The van der Waals surface area contributed by atoms with Crippen molar-refractivity contribution in [2.75, 3.05) is 5.32 Å². The number of hydrogen-bond acceptors (Lipinski definition) is 6. The molecule has 0 radical (unpaired) electrons. The van der Waals surface area contributed by atoms with E-state index in [1.165, 1.54) is 0 Å². The summed E-state index contributed by atoms with van der Waals surface area (Å²) in [7, 11) is 0. The van der Waals surface area contributed by atoms with Crippen LogP contribution in [0, 0.1) is 11.3 Å². The van der Waals surface area contributed by atoms with Crippen LogP contribution in [0.3, 0.4) is 0 Å². The monoisotopic (exact) mass is 373 g/mol. The van der Waals surface area contributed by atoms with E-state index in [1.54, 1.807) is 48.8 Å². The van der Waals surface area contributed by atoms with Crippen molar-refractivity contribution in [3.63, 3.8) is 0 Å². The summed E-state index contributed by atoms with van der Waals surface area (Å²) in [5.74, 6) is 0.386. The molecule has 0 fully saturated rings. The molecule has 0 saturated heterocycles. The van der Waals surface area contributed by atoms with E-state index in [1.807, 2.05) is 13.8 Å². The van der Waals surface area contributed by atoms with Crippen LogP contribution in [0.4, 0.5) is 5.69 Å². The van der Waals surface area contributed by atoms with E-state index < -0.39 is 0 Å². The molecule has 1 aromatic carbocycles. The van der Waals surface area contributed by atoms with Crippen LogP contribution < -0.4 is 10.1 Å². The van der Waals surface area contributed by atoms with Gasteiger partial charge >= 0.3 is 0 Å². The number of anilines is 1. The van der Waals surface area contributed by atoms with Crippen LogP contribution in [0.5, 0.6) is 11.6 Å². The summed E-state index contributed by atoms with van der Waals surface area (Å²) in [6.07, 6.45) is 4.58. The zero-order chi connectivity index (χ0) is 19.9. The summed E-state index contributed by atoms with van der Waals surface area (Å²) in [5.41, 5.74) is 3.13. The summed E-state index contributed by atoms with van der Waals surface area (Å²) in [6, 6.07) is 12.3. The minimum absolute atomic E-state index is 0.170. The highest BCUT2D eigenvalue weighted by atomic mass is 16.5. The van der Waals surface area contributed by atoms with Crippen molar-refractivity contribution in [3.8, 4) is 17.7 Å². The van der Waals surface area contributed by atoms with E-state index in [4.69, 9.17) is 4.74 Å². The molecule has 7 nitrogen and oxygen atoms in total. The van der Waals surface area contributed by atoms with Crippen LogP contribution in [-0.4, -0.2) is 21.1 Å². The van der Waals surface area contributed by atoms with Gasteiger partial charge in [-0.25, -0.2) is 0 Å². The van der Waals surface area contributed by atoms with E-state index in [0.29, 0.717) is 35.4 Å². The second-order valence-electron chi connectivity index (χ2n) is 5.95. The fourth-order valence-electron chi connectivity index (χ4n) is 2.77. The van der Waals surface area contributed by atoms with Crippen LogP contribution in [0.25, 0.3) is 0 Å². The highest BCUT2D eigenvalue weighted by Gasteiger charge is 2.16. The molecule has 0 saturated carbocycles. The normalized spacial score (nSPS) is 10.2. The molecule has 0 bridgehead atoms. The third-order valence-electron chi connectivity index (χ3n) is 4.18. The lowest BCUT2D eigenvalue weighted by molar-refractivity contribution is 0.102. The number of benzene rings is 1. The van der Waals surface area contributed by atoms with E-state index in [2.05, 4.69) is 26.6 Å². The Morgan fingerprint density at radius 3 is 2.54 bits per heavy atom. The molecular formula is C21H19N5O2. The first-order valence-corrected chi connectivity index (χ1v) is 8.94. The highest BCUT2D eigenvalue weighted by molar-refractivity contribution is 6.04. The number of pyridine rings is 1. The molecule has 3 aromatic rings. The van der Waals surface area contributed by atoms with Crippen LogP contribution in [0.15, 0.2) is 48.8 Å². The van der Waals surface area contributed by atoms with Crippen molar-refractivity contribution in [1.29, 1.82) is 5.26 Å². The number of aryl methyl sites for hydroxylation is 1. The number of rotatable bonds is 6. The average Bonchev–Trinajstić information content (AvgIpc) is 2.74. The number of nitrogens with zero attached hydrogens (tertiary/aromatic N) is 4. The van der Waals surface area contributed by atoms with Gasteiger partial charge in [-0.3, -0.25) is 9.78 Å². The van der Waals surface area contributed by atoms with Crippen LogP contribution >= 0.6 is 0 Å². The maximum atomic E-state index is 12.3. The highest BCUT2D eigenvalue weighted by Crippen LogP contribution is 2.27. The third-order valence-corrected chi connectivity index (χ3v) is 4.18. The number of carbonyl (C=O) groups is 1. The minimum Gasteiger partial charge on any atom is -0.437 e. The van der Waals surface area contributed by atoms with Crippen molar-refractivity contribution in [2.45, 2.75) is 26.7 Å². The molecule has 0 aliphatic rings. The molecule has 28 heavy (non-hydrogen) atoms. The Hall–Kier alpha value is -3.79. The Kier molecular flexibility index (Phi) is 5.92. The SMILES string of the molecule is CCc1nnc(Oc2ccc(C(=O)Nc3cccnc3)cc2)c(C#N)c1CC. The second-order valence-corrected chi connectivity index (χ2v) is 5.95. The van der Waals surface area contributed by atoms with Gasteiger partial charge in [-0.15, -0.1) is 5.10 Å². The zero-order valence-electron chi connectivity index (χ0n) is 15.6. The van der Waals surface area contributed by atoms with Crippen LogP contribution in [0.1, 0.15) is 41.0 Å². The Labute approximate surface area is 163 Å². The van der Waals surface area contributed by atoms with Gasteiger partial charge in [0.15, 0.2) is 0 Å². The maximum Gasteiger partial charge on any atom is 0.257 e. The fraction of sp³-hybridized carbons (Fsp3) is 0.190. The first-order chi connectivity index (χ1) is 13.7. The van der Waals surface area contributed by atoms with E-state index >= 15 is 0 Å². The molecule has 0 spiro atoms. The molecule has 140 valence electrons. The van der Waals surface area contributed by atoms with Crippen LogP contribution in [-0.2, 0) is 12.8 Å². The molecule has 0 unspecified atom stereocenters. The number of ether oxygens (including phenoxy) is 1. The molecule has 0 aliphatic heterocycles. The maximum absolute atomic E-state index is 12.3. The van der Waals surface area contributed by atoms with Gasteiger partial charge < -0.3 is 10.1 Å². The Morgan fingerprint density at radius 1 is 1.14 bits per heavy atom. The molecule has 0 aliphatic carbocycles. The van der Waals surface area contributed by atoms with Crippen molar-refractivity contribution in [2.24, 2.45) is 0 Å². The second kappa shape index (κ2) is 8.73. The number of nitriles is 1. The standard InChI is InChI=1S/C21H19N5O2/c1-3-17-18(12-22)21(26-25-19(17)4-2)28-16-9-7-14(8-10-16)20(27)24-15-6-5-11-23-13-15/h5-11,13H,3-4H2,1-2H3,(H,24,27). The van der Waals surface area contributed by atoms with E-state index in [0.717, 1.165) is 11.3 Å². The van der Waals surface area contributed by atoms with Gasteiger partial charge in [-0.2, -0.15) is 10.4 Å². The first kappa shape index (κ1) is 19.0. The van der Waals surface area contributed by atoms with E-state index in [9.17, 15) is 10.1 Å². The molecule has 3 rings (SSSR count). The molecule has 1 N–H and O–H groups in total. The van der Waals surface area contributed by atoms with E-state index in [-0.39, 0.29) is 11.8 Å². The van der Waals surface area contributed by atoms with Gasteiger partial charge in [-0.05, 0) is 54.8 Å². The fourth-order valence-corrected chi connectivity index (χ4v) is 2.77. The Balaban J connectivity index is 1.78. The zero-order valence-corrected chi connectivity index (χ0v) is 15.6. The van der Waals surface area contributed by atoms with Gasteiger partial charge in [0, 0.05) is 11.8 Å². The first-order valence-electron chi connectivity index (χ1n) is 8.94. The van der Waals surface area contributed by atoms with Gasteiger partial charge in [0.1, 0.15) is 17.4 Å². The predicted octanol–water partition coefficient (Wildman–Crippen LogP) is 3.91. The largest absolute Gasteiger partial charge is 0.437 e. The number of aromatic nitrogens is 3. The smallest absolute Gasteiger partial charge is 0.257 e. The quantitative estimate of drug-likeness (QED) is 0.703. The number of amides is 1. The van der Waals surface area contributed by atoms with Gasteiger partial charge in [-0.1, -0.05) is 13.8 Å². The van der Waals surface area contributed by atoms with Gasteiger partial charge in [0.2, 0.25) is 0 Å². The van der Waals surface area contributed by atoms with Crippen molar-refractivity contribution in [3.05, 3.63) is 71.2 Å². The Bertz CT molecular complexity index is 1010. The lowest BCUT2D eigenvalue weighted by Crippen LogP contribution is -2.11. The summed E-state index contributed by atoms with van der Waals surface area (Å²) < 4.78 is 5.76. The summed E-state index contributed by atoms with van der Waals surface area (Å²) in [5, 5.41) is 20.5. The third kappa shape index (κ3) is 4.13. The minimum atomic E-state index is -0.252. The van der Waals surface area contributed by atoms with Gasteiger partial charge in [0.25, 0.3) is 11.8 Å². The molecular weight excluding hydrogens is 354 g/mol. The average molecular weight is 373 g/mol. The lowest BCUT2D eigenvalue weighted by Gasteiger charge is -2.11. The van der Waals surface area contributed by atoms with Crippen molar-refractivity contribution < 1.29 is 9.53 Å². The molecule has 2 aromatic heterocycles. The predicted molar refractivity (Wildman–Crippen MR) is 104 cm³/mol. The number of carbonyl (C=O) groups excluding carboxylic acids is 1.